The van der Waals surface area contributed by atoms with E-state index in [1.165, 1.54) is 24.2 Å². The number of carbonyl (C=O) groups is 1. The molecule has 0 bridgehead atoms. The zero-order valence-corrected chi connectivity index (χ0v) is 13.1. The van der Waals surface area contributed by atoms with E-state index in [-0.39, 0.29) is 0 Å². The fourth-order valence-corrected chi connectivity index (χ4v) is 4.16. The van der Waals surface area contributed by atoms with Crippen LogP contribution in [0.15, 0.2) is 6.33 Å². The Hall–Kier alpha value is -1.69. The molecule has 1 unspecified atom stereocenters. The molecule has 0 amide bonds. The zero-order valence-electron chi connectivity index (χ0n) is 12.3. The minimum atomic E-state index is -0.882. The summed E-state index contributed by atoms with van der Waals surface area (Å²) in [5.74, 6) is 0.0277. The third-order valence-corrected chi connectivity index (χ3v) is 5.46. The normalized spacial score (nSPS) is 19.1. The second-order valence-electron chi connectivity index (χ2n) is 5.49. The average Bonchev–Trinajstić information content (AvgIpc) is 2.85. The number of nitrogens with zero attached hydrogens (tertiary/aromatic N) is 3. The van der Waals surface area contributed by atoms with Crippen LogP contribution in [0.25, 0.3) is 10.2 Å². The van der Waals surface area contributed by atoms with Crippen molar-refractivity contribution >= 4 is 33.3 Å². The van der Waals surface area contributed by atoms with Crippen molar-refractivity contribution in [3.8, 4) is 0 Å². The molecule has 2 aromatic rings. The summed E-state index contributed by atoms with van der Waals surface area (Å²) in [6.07, 6.45) is 6.24. The number of piperidine rings is 1. The van der Waals surface area contributed by atoms with Gasteiger partial charge in [-0.2, -0.15) is 0 Å². The van der Waals surface area contributed by atoms with Crippen molar-refractivity contribution < 1.29 is 9.90 Å². The molecule has 0 spiro atoms. The maximum absolute atomic E-state index is 11.3. The van der Waals surface area contributed by atoms with Gasteiger partial charge in [-0.1, -0.05) is 6.92 Å². The van der Waals surface area contributed by atoms with Gasteiger partial charge in [-0.05, 0) is 38.2 Å². The van der Waals surface area contributed by atoms with E-state index >= 15 is 0 Å². The lowest BCUT2D eigenvalue weighted by molar-refractivity contribution is 0.0701. The van der Waals surface area contributed by atoms with E-state index in [1.54, 1.807) is 6.33 Å². The fourth-order valence-electron chi connectivity index (χ4n) is 3.18. The summed E-state index contributed by atoms with van der Waals surface area (Å²) in [5, 5.41) is 10.2. The Morgan fingerprint density at radius 1 is 1.48 bits per heavy atom. The van der Waals surface area contributed by atoms with Crippen LogP contribution in [-0.4, -0.2) is 33.6 Å². The van der Waals surface area contributed by atoms with Crippen LogP contribution >= 0.6 is 11.3 Å². The summed E-state index contributed by atoms with van der Waals surface area (Å²) in [6, 6.07) is 0.490. The van der Waals surface area contributed by atoms with Crippen molar-refractivity contribution in [2.75, 3.05) is 11.4 Å². The smallest absolute Gasteiger partial charge is 0.346 e. The monoisotopic (exact) mass is 305 g/mol. The molecule has 1 saturated heterocycles. The van der Waals surface area contributed by atoms with E-state index in [0.29, 0.717) is 10.9 Å². The summed E-state index contributed by atoms with van der Waals surface area (Å²) in [5.41, 5.74) is 0.790. The van der Waals surface area contributed by atoms with Crippen molar-refractivity contribution in [1.82, 2.24) is 9.97 Å². The summed E-state index contributed by atoms with van der Waals surface area (Å²) in [4.78, 5) is 23.6. The van der Waals surface area contributed by atoms with Crippen LogP contribution < -0.4 is 4.90 Å². The highest BCUT2D eigenvalue weighted by molar-refractivity contribution is 7.20. The van der Waals surface area contributed by atoms with Gasteiger partial charge in [0.2, 0.25) is 0 Å². The summed E-state index contributed by atoms with van der Waals surface area (Å²) < 4.78 is 0. The molecule has 2 aromatic heterocycles. The molecule has 1 N–H and O–H groups in total. The number of hydrogen-bond donors (Lipinski definition) is 1. The molecule has 0 aliphatic carbocycles. The average molecular weight is 305 g/mol. The van der Waals surface area contributed by atoms with Crippen LogP contribution in [0.4, 0.5) is 5.82 Å². The van der Waals surface area contributed by atoms with E-state index in [9.17, 15) is 9.90 Å². The predicted octanol–water partition coefficient (Wildman–Crippen LogP) is 3.47. The molecular weight excluding hydrogens is 286 g/mol. The SMILES string of the molecule is CCC1CCCCN1c1ncnc2sc(C(=O)O)c(C)c12. The molecular formula is C15H19N3O2S. The number of fused-ring (bicyclic) bond motifs is 1. The molecule has 6 heteroatoms. The molecule has 0 radical (unpaired) electrons. The highest BCUT2D eigenvalue weighted by Gasteiger charge is 2.26. The van der Waals surface area contributed by atoms with Crippen LogP contribution in [0, 0.1) is 6.92 Å². The molecule has 1 atom stereocenters. The summed E-state index contributed by atoms with van der Waals surface area (Å²) >= 11 is 1.24. The van der Waals surface area contributed by atoms with Crippen molar-refractivity contribution in [3.63, 3.8) is 0 Å². The van der Waals surface area contributed by atoms with Gasteiger partial charge in [0.15, 0.2) is 0 Å². The second-order valence-corrected chi connectivity index (χ2v) is 6.49. The fraction of sp³-hybridized carbons (Fsp3) is 0.533. The van der Waals surface area contributed by atoms with Crippen molar-refractivity contribution in [3.05, 3.63) is 16.8 Å². The molecule has 0 saturated carbocycles. The first-order valence-corrected chi connectivity index (χ1v) is 8.19. The topological polar surface area (TPSA) is 66.3 Å². The minimum absolute atomic E-state index is 0.372. The van der Waals surface area contributed by atoms with Crippen molar-refractivity contribution in [2.24, 2.45) is 0 Å². The molecule has 0 aromatic carbocycles. The molecule has 112 valence electrons. The Labute approximate surface area is 127 Å². The number of rotatable bonds is 3. The third kappa shape index (κ3) is 2.37. The first kappa shape index (κ1) is 14.3. The zero-order chi connectivity index (χ0) is 15.0. The van der Waals surface area contributed by atoms with E-state index in [1.807, 2.05) is 6.92 Å². The maximum Gasteiger partial charge on any atom is 0.346 e. The lowest BCUT2D eigenvalue weighted by Crippen LogP contribution is -2.39. The minimum Gasteiger partial charge on any atom is -0.477 e. The third-order valence-electron chi connectivity index (χ3n) is 4.27. The number of thiophene rings is 1. The Kier molecular flexibility index (Phi) is 3.80. The Morgan fingerprint density at radius 2 is 2.29 bits per heavy atom. The Morgan fingerprint density at radius 3 is 3.00 bits per heavy atom. The number of aryl methyl sites for hydroxylation is 1. The quantitative estimate of drug-likeness (QED) is 0.940. The summed E-state index contributed by atoms with van der Waals surface area (Å²) in [7, 11) is 0. The van der Waals surface area contributed by atoms with Crippen LogP contribution in [0.1, 0.15) is 47.8 Å². The number of aromatic carboxylic acids is 1. The predicted molar refractivity (Wildman–Crippen MR) is 84.4 cm³/mol. The number of aromatic nitrogens is 2. The van der Waals surface area contributed by atoms with Crippen molar-refractivity contribution in [2.45, 2.75) is 45.6 Å². The van der Waals surface area contributed by atoms with Gasteiger partial charge in [0.25, 0.3) is 0 Å². The number of carboxylic acid groups (broad SMARTS) is 1. The van der Waals surface area contributed by atoms with Crippen LogP contribution in [0.3, 0.4) is 0 Å². The highest BCUT2D eigenvalue weighted by atomic mass is 32.1. The number of carboxylic acids is 1. The first-order valence-electron chi connectivity index (χ1n) is 7.37. The molecule has 21 heavy (non-hydrogen) atoms. The van der Waals surface area contributed by atoms with Gasteiger partial charge in [-0.3, -0.25) is 0 Å². The van der Waals surface area contributed by atoms with E-state index < -0.39 is 5.97 Å². The number of hydrogen-bond acceptors (Lipinski definition) is 5. The van der Waals surface area contributed by atoms with E-state index in [4.69, 9.17) is 0 Å². The molecule has 3 rings (SSSR count). The maximum atomic E-state index is 11.3. The van der Waals surface area contributed by atoms with Gasteiger partial charge < -0.3 is 10.0 Å². The lowest BCUT2D eigenvalue weighted by atomic mass is 9.99. The Bertz CT molecular complexity index is 683. The van der Waals surface area contributed by atoms with Crippen LogP contribution in [-0.2, 0) is 0 Å². The summed E-state index contributed by atoms with van der Waals surface area (Å²) in [6.45, 7) is 5.05. The van der Waals surface area contributed by atoms with Gasteiger partial charge in [0.1, 0.15) is 21.9 Å². The highest BCUT2D eigenvalue weighted by Crippen LogP contribution is 2.37. The molecule has 1 fully saturated rings. The van der Waals surface area contributed by atoms with Crippen LogP contribution in [0.2, 0.25) is 0 Å². The van der Waals surface area contributed by atoms with Gasteiger partial charge in [0, 0.05) is 12.6 Å². The standard InChI is InChI=1S/C15H19N3O2S/c1-3-10-6-4-5-7-18(10)13-11-9(2)12(15(19)20)21-14(11)17-8-16-13/h8,10H,3-7H2,1-2H3,(H,19,20). The lowest BCUT2D eigenvalue weighted by Gasteiger charge is -2.36. The van der Waals surface area contributed by atoms with Gasteiger partial charge in [-0.25, -0.2) is 14.8 Å². The second kappa shape index (κ2) is 5.60. The van der Waals surface area contributed by atoms with Gasteiger partial charge in [0.05, 0.1) is 5.39 Å². The molecule has 3 heterocycles. The van der Waals surface area contributed by atoms with Gasteiger partial charge >= 0.3 is 5.97 Å². The Balaban J connectivity index is 2.16. The first-order chi connectivity index (χ1) is 10.1. The largest absolute Gasteiger partial charge is 0.477 e. The van der Waals surface area contributed by atoms with Crippen LogP contribution in [0.5, 0.6) is 0 Å². The molecule has 1 aliphatic rings. The van der Waals surface area contributed by atoms with E-state index in [0.717, 1.165) is 41.0 Å². The molecule has 1 aliphatic heterocycles. The van der Waals surface area contributed by atoms with E-state index in [2.05, 4.69) is 21.8 Å². The van der Waals surface area contributed by atoms with Crippen molar-refractivity contribution in [1.29, 1.82) is 0 Å². The molecule has 5 nitrogen and oxygen atoms in total. The van der Waals surface area contributed by atoms with Gasteiger partial charge in [-0.15, -0.1) is 11.3 Å². The number of anilines is 1.